The van der Waals surface area contributed by atoms with Crippen molar-refractivity contribution in [2.75, 3.05) is 13.7 Å². The van der Waals surface area contributed by atoms with Crippen molar-refractivity contribution in [3.8, 4) is 11.1 Å². The molecule has 7 heteroatoms. The number of aliphatic carboxylic acids is 1. The highest BCUT2D eigenvalue weighted by Crippen LogP contribution is 2.44. The molecule has 0 bridgehead atoms. The van der Waals surface area contributed by atoms with Crippen molar-refractivity contribution >= 4 is 18.0 Å². The van der Waals surface area contributed by atoms with Gasteiger partial charge in [-0.15, -0.1) is 0 Å². The van der Waals surface area contributed by atoms with E-state index < -0.39 is 35.0 Å². The maximum atomic E-state index is 13.2. The fourth-order valence-corrected chi connectivity index (χ4v) is 4.02. The van der Waals surface area contributed by atoms with E-state index in [9.17, 15) is 19.5 Å². The Morgan fingerprint density at radius 1 is 0.970 bits per heavy atom. The average molecular weight is 453 g/mol. The summed E-state index contributed by atoms with van der Waals surface area (Å²) in [5, 5.41) is 12.2. The number of ether oxygens (including phenoxy) is 1. The number of benzene rings is 2. The maximum Gasteiger partial charge on any atom is 0.407 e. The summed E-state index contributed by atoms with van der Waals surface area (Å²) < 4.78 is 5.59. The zero-order valence-electron chi connectivity index (χ0n) is 20.0. The largest absolute Gasteiger partial charge is 0.480 e. The highest BCUT2D eigenvalue weighted by molar-refractivity contribution is 5.91. The van der Waals surface area contributed by atoms with Crippen molar-refractivity contribution < 1.29 is 24.2 Å². The van der Waals surface area contributed by atoms with Crippen LogP contribution in [0.25, 0.3) is 11.1 Å². The first-order chi connectivity index (χ1) is 15.4. The van der Waals surface area contributed by atoms with Crippen molar-refractivity contribution in [2.45, 2.75) is 52.1 Å². The lowest BCUT2D eigenvalue weighted by atomic mass is 9.85. The van der Waals surface area contributed by atoms with Gasteiger partial charge in [-0.3, -0.25) is 4.79 Å². The van der Waals surface area contributed by atoms with Gasteiger partial charge in [-0.2, -0.15) is 0 Å². The minimum absolute atomic E-state index is 0.0967. The van der Waals surface area contributed by atoms with E-state index in [-0.39, 0.29) is 12.5 Å². The second kappa shape index (κ2) is 8.89. The number of amides is 2. The van der Waals surface area contributed by atoms with Gasteiger partial charge in [-0.1, -0.05) is 69.3 Å². The van der Waals surface area contributed by atoms with E-state index in [0.717, 1.165) is 27.2 Å². The molecular formula is C26H32N2O5. The molecule has 176 valence electrons. The zero-order chi connectivity index (χ0) is 24.6. The number of carboxylic acid groups (broad SMARTS) is 1. The molecule has 1 aliphatic carbocycles. The monoisotopic (exact) mass is 452 g/mol. The normalized spacial score (nSPS) is 14.1. The Kier molecular flexibility index (Phi) is 6.54. The first-order valence-corrected chi connectivity index (χ1v) is 11.0. The van der Waals surface area contributed by atoms with Crippen LogP contribution < -0.4 is 5.32 Å². The lowest BCUT2D eigenvalue weighted by molar-refractivity contribution is -0.157. The highest BCUT2D eigenvalue weighted by atomic mass is 16.5. The van der Waals surface area contributed by atoms with E-state index in [2.05, 4.69) is 17.4 Å². The van der Waals surface area contributed by atoms with Crippen LogP contribution in [0.15, 0.2) is 48.5 Å². The molecule has 0 unspecified atom stereocenters. The van der Waals surface area contributed by atoms with E-state index in [1.165, 1.54) is 20.9 Å². The summed E-state index contributed by atoms with van der Waals surface area (Å²) >= 11 is 0. The molecule has 0 aromatic heterocycles. The van der Waals surface area contributed by atoms with Gasteiger partial charge in [0.15, 0.2) is 0 Å². The smallest absolute Gasteiger partial charge is 0.407 e. The number of carboxylic acids is 1. The van der Waals surface area contributed by atoms with E-state index in [0.29, 0.717) is 0 Å². The van der Waals surface area contributed by atoms with Crippen LogP contribution in [0.5, 0.6) is 0 Å². The first kappa shape index (κ1) is 24.3. The molecule has 2 aromatic carbocycles. The Balaban J connectivity index is 1.75. The second-order valence-corrected chi connectivity index (χ2v) is 10.0. The number of hydrogen-bond donors (Lipinski definition) is 2. The number of hydrogen-bond acceptors (Lipinski definition) is 4. The molecule has 2 amide bonds. The van der Waals surface area contributed by atoms with Crippen molar-refractivity contribution in [2.24, 2.45) is 5.41 Å². The Bertz CT molecular complexity index is 1020. The molecule has 0 aliphatic heterocycles. The number of likely N-dealkylation sites (N-methyl/N-ethyl adjacent to an activating group) is 1. The predicted octanol–water partition coefficient (Wildman–Crippen LogP) is 4.26. The maximum absolute atomic E-state index is 13.2. The molecule has 2 aromatic rings. The third kappa shape index (κ3) is 4.72. The Morgan fingerprint density at radius 2 is 1.45 bits per heavy atom. The molecule has 3 rings (SSSR count). The third-order valence-corrected chi connectivity index (χ3v) is 6.41. The van der Waals surface area contributed by atoms with Gasteiger partial charge in [0.25, 0.3) is 0 Å². The fourth-order valence-electron chi connectivity index (χ4n) is 4.02. The minimum Gasteiger partial charge on any atom is -0.480 e. The van der Waals surface area contributed by atoms with Crippen LogP contribution in [0.1, 0.15) is 51.7 Å². The van der Waals surface area contributed by atoms with Crippen molar-refractivity contribution in [3.05, 3.63) is 59.7 Å². The fraction of sp³-hybridized carbons (Fsp3) is 0.423. The molecule has 33 heavy (non-hydrogen) atoms. The summed E-state index contributed by atoms with van der Waals surface area (Å²) in [5.74, 6) is -1.73. The van der Waals surface area contributed by atoms with Crippen molar-refractivity contribution in [3.63, 3.8) is 0 Å². The average Bonchev–Trinajstić information content (AvgIpc) is 3.08. The van der Waals surface area contributed by atoms with E-state index in [4.69, 9.17) is 4.74 Å². The number of alkyl carbamates (subject to hydrolysis) is 1. The number of carbonyl (C=O) groups excluding carboxylic acids is 2. The van der Waals surface area contributed by atoms with Gasteiger partial charge in [-0.25, -0.2) is 9.59 Å². The Hall–Kier alpha value is -3.35. The first-order valence-electron chi connectivity index (χ1n) is 11.0. The van der Waals surface area contributed by atoms with Crippen LogP contribution in [0.3, 0.4) is 0 Å². The Labute approximate surface area is 194 Å². The molecule has 2 N–H and O–H groups in total. The van der Waals surface area contributed by atoms with Crippen molar-refractivity contribution in [1.82, 2.24) is 10.2 Å². The lowest BCUT2D eigenvalue weighted by Crippen LogP contribution is -2.60. The topological polar surface area (TPSA) is 95.9 Å². The van der Waals surface area contributed by atoms with Crippen LogP contribution in [-0.4, -0.2) is 53.2 Å². The van der Waals surface area contributed by atoms with Crippen molar-refractivity contribution in [1.29, 1.82) is 0 Å². The van der Waals surface area contributed by atoms with Gasteiger partial charge in [0.05, 0.1) is 0 Å². The van der Waals surface area contributed by atoms with Crippen LogP contribution >= 0.6 is 0 Å². The van der Waals surface area contributed by atoms with Crippen LogP contribution in [0.4, 0.5) is 4.79 Å². The number of carbonyl (C=O) groups is 3. The SMILES string of the molecule is CN(C(=O)[C@@H](NC(=O)OCC1c2ccccc2-c2ccccc21)C(C)(C)C)C(C)(C)C(=O)O. The van der Waals surface area contributed by atoms with E-state index in [1.54, 1.807) is 20.8 Å². The van der Waals surface area contributed by atoms with Gasteiger partial charge in [0.2, 0.25) is 5.91 Å². The molecule has 0 saturated heterocycles. The highest BCUT2D eigenvalue weighted by Gasteiger charge is 2.42. The van der Waals surface area contributed by atoms with Crippen LogP contribution in [-0.2, 0) is 14.3 Å². The summed E-state index contributed by atoms with van der Waals surface area (Å²) in [4.78, 5) is 38.7. The lowest BCUT2D eigenvalue weighted by Gasteiger charge is -2.38. The number of rotatable bonds is 6. The third-order valence-electron chi connectivity index (χ3n) is 6.41. The van der Waals surface area contributed by atoms with Gasteiger partial charge in [-0.05, 0) is 41.5 Å². The summed E-state index contributed by atoms with van der Waals surface area (Å²) in [6.07, 6.45) is -0.716. The summed E-state index contributed by atoms with van der Waals surface area (Å²) in [6.45, 7) is 8.44. The predicted molar refractivity (Wildman–Crippen MR) is 126 cm³/mol. The molecule has 0 heterocycles. The van der Waals surface area contributed by atoms with Gasteiger partial charge >= 0.3 is 12.1 Å². The molecule has 0 fully saturated rings. The summed E-state index contributed by atoms with van der Waals surface area (Å²) in [6, 6.07) is 15.1. The van der Waals surface area contributed by atoms with E-state index in [1.807, 2.05) is 36.4 Å². The minimum atomic E-state index is -1.43. The Morgan fingerprint density at radius 3 is 1.91 bits per heavy atom. The summed E-state index contributed by atoms with van der Waals surface area (Å²) in [7, 11) is 1.43. The molecular weight excluding hydrogens is 420 g/mol. The van der Waals surface area contributed by atoms with Crippen LogP contribution in [0, 0.1) is 5.41 Å². The molecule has 0 radical (unpaired) electrons. The molecule has 1 aliphatic rings. The molecule has 0 saturated carbocycles. The van der Waals surface area contributed by atoms with E-state index >= 15 is 0 Å². The molecule has 1 atom stereocenters. The number of nitrogens with zero attached hydrogens (tertiary/aromatic N) is 1. The number of fused-ring (bicyclic) bond motifs is 3. The standard InChI is InChI=1S/C26H32N2O5/c1-25(2,3)21(22(29)28(6)26(4,5)23(30)31)27-24(32)33-15-20-18-13-9-7-11-16(18)17-12-8-10-14-19(17)20/h7-14,20-21H,15H2,1-6H3,(H,27,32)(H,30,31)/t21-/m1/s1. The quantitative estimate of drug-likeness (QED) is 0.683. The molecule has 7 nitrogen and oxygen atoms in total. The van der Waals surface area contributed by atoms with Crippen LogP contribution in [0.2, 0.25) is 0 Å². The molecule has 0 spiro atoms. The number of nitrogens with one attached hydrogen (secondary N) is 1. The second-order valence-electron chi connectivity index (χ2n) is 10.0. The summed E-state index contributed by atoms with van der Waals surface area (Å²) in [5.41, 5.74) is 2.36. The zero-order valence-corrected chi connectivity index (χ0v) is 20.0. The van der Waals surface area contributed by atoms with Gasteiger partial charge in [0.1, 0.15) is 18.2 Å². The van der Waals surface area contributed by atoms with Gasteiger partial charge in [0, 0.05) is 13.0 Å². The van der Waals surface area contributed by atoms with Gasteiger partial charge < -0.3 is 20.1 Å².